The maximum absolute atomic E-state index is 12.1. The van der Waals surface area contributed by atoms with Crippen LogP contribution in [0.25, 0.3) is 0 Å². The van der Waals surface area contributed by atoms with E-state index >= 15 is 0 Å². The molecule has 1 aromatic heterocycles. The average Bonchev–Trinajstić information content (AvgIpc) is 2.00. The third kappa shape index (κ3) is 1.77. The number of rotatable bonds is 1. The van der Waals surface area contributed by atoms with E-state index in [2.05, 4.69) is 4.98 Å². The molecule has 0 amide bonds. The zero-order chi connectivity index (χ0) is 9.30. The summed E-state index contributed by atoms with van der Waals surface area (Å²) in [6.07, 6.45) is -1.62. The minimum absolute atomic E-state index is 0.0825. The van der Waals surface area contributed by atoms with Crippen molar-refractivity contribution in [2.75, 3.05) is 0 Å². The van der Waals surface area contributed by atoms with Crippen LogP contribution in [-0.4, -0.2) is 10.1 Å². The molecular weight excluding hydrogens is 302 g/mol. The van der Waals surface area contributed by atoms with Crippen molar-refractivity contribution in [2.45, 2.75) is 6.43 Å². The molecule has 0 aliphatic carbocycles. The van der Waals surface area contributed by atoms with E-state index in [1.807, 2.05) is 0 Å². The van der Waals surface area contributed by atoms with Crippen molar-refractivity contribution in [1.29, 1.82) is 0 Å². The Morgan fingerprint density at radius 2 is 2.17 bits per heavy atom. The molecule has 0 fully saturated rings. The molecule has 0 spiro atoms. The lowest BCUT2D eigenvalue weighted by atomic mass is 10.3. The third-order valence-electron chi connectivity index (χ3n) is 1.18. The number of aromatic nitrogens is 1. The topological polar surface area (TPSA) is 33.1 Å². The first-order valence-corrected chi connectivity index (χ1v) is 4.30. The molecule has 1 aromatic rings. The SMILES string of the molecule is Oc1c(C(F)F)ncc(I)c1Cl. The van der Waals surface area contributed by atoms with E-state index in [-0.39, 0.29) is 5.02 Å². The zero-order valence-electron chi connectivity index (χ0n) is 5.56. The maximum Gasteiger partial charge on any atom is 0.284 e. The highest BCUT2D eigenvalue weighted by atomic mass is 127. The number of hydrogen-bond acceptors (Lipinski definition) is 2. The molecule has 0 bridgehead atoms. The van der Waals surface area contributed by atoms with Gasteiger partial charge in [-0.3, -0.25) is 4.98 Å². The number of pyridine rings is 1. The summed E-state index contributed by atoms with van der Waals surface area (Å²) in [6, 6.07) is 0. The van der Waals surface area contributed by atoms with Crippen LogP contribution in [-0.2, 0) is 0 Å². The number of alkyl halides is 2. The molecule has 1 N–H and O–H groups in total. The lowest BCUT2D eigenvalue weighted by molar-refractivity contribution is 0.142. The first-order chi connectivity index (χ1) is 5.54. The minimum Gasteiger partial charge on any atom is -0.504 e. The van der Waals surface area contributed by atoms with Gasteiger partial charge in [0, 0.05) is 6.20 Å². The number of halogens is 4. The predicted molar refractivity (Wildman–Crippen MR) is 48.6 cm³/mol. The molecule has 0 saturated heterocycles. The molecule has 0 unspecified atom stereocenters. The van der Waals surface area contributed by atoms with E-state index in [4.69, 9.17) is 16.7 Å². The fourth-order valence-electron chi connectivity index (χ4n) is 0.629. The van der Waals surface area contributed by atoms with E-state index in [1.54, 1.807) is 22.6 Å². The van der Waals surface area contributed by atoms with E-state index in [1.165, 1.54) is 6.20 Å². The fourth-order valence-corrected chi connectivity index (χ4v) is 1.17. The van der Waals surface area contributed by atoms with E-state index in [0.717, 1.165) is 0 Å². The molecule has 12 heavy (non-hydrogen) atoms. The number of aromatic hydroxyl groups is 1. The zero-order valence-corrected chi connectivity index (χ0v) is 8.47. The van der Waals surface area contributed by atoms with Crippen molar-refractivity contribution in [3.63, 3.8) is 0 Å². The largest absolute Gasteiger partial charge is 0.504 e. The van der Waals surface area contributed by atoms with Gasteiger partial charge < -0.3 is 5.11 Å². The van der Waals surface area contributed by atoms with Gasteiger partial charge in [0.25, 0.3) is 6.43 Å². The van der Waals surface area contributed by atoms with E-state index in [0.29, 0.717) is 3.57 Å². The Morgan fingerprint density at radius 1 is 1.58 bits per heavy atom. The van der Waals surface area contributed by atoms with Crippen molar-refractivity contribution in [3.8, 4) is 5.75 Å². The number of nitrogens with zero attached hydrogens (tertiary/aromatic N) is 1. The lowest BCUT2D eigenvalue weighted by Crippen LogP contribution is -1.92. The smallest absolute Gasteiger partial charge is 0.284 e. The number of hydrogen-bond donors (Lipinski definition) is 1. The highest BCUT2D eigenvalue weighted by Crippen LogP contribution is 2.34. The van der Waals surface area contributed by atoms with Gasteiger partial charge in [0.15, 0.2) is 5.75 Å². The normalized spacial score (nSPS) is 10.8. The van der Waals surface area contributed by atoms with Crippen LogP contribution >= 0.6 is 34.2 Å². The summed E-state index contributed by atoms with van der Waals surface area (Å²) in [4.78, 5) is 3.35. The highest BCUT2D eigenvalue weighted by Gasteiger charge is 2.18. The van der Waals surface area contributed by atoms with Gasteiger partial charge in [-0.15, -0.1) is 0 Å². The quantitative estimate of drug-likeness (QED) is 0.809. The molecule has 0 aliphatic heterocycles. The van der Waals surface area contributed by atoms with E-state index in [9.17, 15) is 8.78 Å². The van der Waals surface area contributed by atoms with Gasteiger partial charge in [-0.1, -0.05) is 11.6 Å². The van der Waals surface area contributed by atoms with Gasteiger partial charge >= 0.3 is 0 Å². The van der Waals surface area contributed by atoms with Crippen LogP contribution in [0.4, 0.5) is 8.78 Å². The van der Waals surface area contributed by atoms with E-state index < -0.39 is 17.9 Å². The summed E-state index contributed by atoms with van der Waals surface area (Å²) >= 11 is 7.29. The monoisotopic (exact) mass is 305 g/mol. The van der Waals surface area contributed by atoms with Crippen LogP contribution in [0.2, 0.25) is 5.02 Å². The Bertz CT molecular complexity index is 308. The third-order valence-corrected chi connectivity index (χ3v) is 2.70. The molecule has 2 nitrogen and oxygen atoms in total. The highest BCUT2D eigenvalue weighted by molar-refractivity contribution is 14.1. The average molecular weight is 305 g/mol. The van der Waals surface area contributed by atoms with Crippen LogP contribution in [0.5, 0.6) is 5.75 Å². The molecule has 1 heterocycles. The minimum atomic E-state index is -2.81. The lowest BCUT2D eigenvalue weighted by Gasteiger charge is -2.04. The summed E-state index contributed by atoms with van der Waals surface area (Å²) in [5.74, 6) is -0.640. The molecule has 0 radical (unpaired) electrons. The van der Waals surface area contributed by atoms with Gasteiger partial charge in [0.1, 0.15) is 5.69 Å². The first kappa shape index (κ1) is 9.91. The second-order valence-corrected chi connectivity index (χ2v) is 3.49. The summed E-state index contributed by atoms with van der Waals surface area (Å²) < 4.78 is 24.6. The van der Waals surface area contributed by atoms with Gasteiger partial charge in [0.2, 0.25) is 0 Å². The first-order valence-electron chi connectivity index (χ1n) is 2.85. The van der Waals surface area contributed by atoms with Crippen LogP contribution in [0, 0.1) is 3.57 Å². The Hall–Kier alpha value is -0.170. The molecule has 0 atom stereocenters. The second-order valence-electron chi connectivity index (χ2n) is 1.95. The second kappa shape index (κ2) is 3.69. The van der Waals surface area contributed by atoms with Crippen LogP contribution in [0.1, 0.15) is 12.1 Å². The molecule has 0 aromatic carbocycles. The Balaban J connectivity index is 3.27. The summed E-state index contributed by atoms with van der Waals surface area (Å²) in [6.45, 7) is 0. The predicted octanol–water partition coefficient (Wildman–Crippen LogP) is 2.98. The molecule has 66 valence electrons. The standard InChI is InChI=1S/C6H3ClF2INO/c7-3-2(10)1-11-4(5(3)12)6(8)9/h1,6,12H. The fraction of sp³-hybridized carbons (Fsp3) is 0.167. The molecule has 0 aliphatic rings. The van der Waals surface area contributed by atoms with Crippen molar-refractivity contribution in [2.24, 2.45) is 0 Å². The Morgan fingerprint density at radius 3 is 2.67 bits per heavy atom. The van der Waals surface area contributed by atoms with Crippen LogP contribution < -0.4 is 0 Å². The molecule has 6 heteroatoms. The van der Waals surface area contributed by atoms with Crippen molar-refractivity contribution < 1.29 is 13.9 Å². The summed E-state index contributed by atoms with van der Waals surface area (Å²) in [5, 5.41) is 8.99. The molecule has 0 saturated carbocycles. The molecule has 1 rings (SSSR count). The van der Waals surface area contributed by atoms with Gasteiger partial charge in [-0.05, 0) is 22.6 Å². The van der Waals surface area contributed by atoms with Crippen molar-refractivity contribution in [3.05, 3.63) is 20.5 Å². The Labute approximate surface area is 85.7 Å². The Kier molecular flexibility index (Phi) is 3.05. The summed E-state index contributed by atoms with van der Waals surface area (Å²) in [5.41, 5.74) is -0.680. The van der Waals surface area contributed by atoms with Crippen molar-refractivity contribution in [1.82, 2.24) is 4.98 Å². The van der Waals surface area contributed by atoms with Crippen molar-refractivity contribution >= 4 is 34.2 Å². The maximum atomic E-state index is 12.1. The van der Waals surface area contributed by atoms with Gasteiger partial charge in [-0.25, -0.2) is 8.78 Å². The molecular formula is C6H3ClF2INO. The summed E-state index contributed by atoms with van der Waals surface area (Å²) in [7, 11) is 0. The van der Waals surface area contributed by atoms with Crippen LogP contribution in [0.15, 0.2) is 6.20 Å². The van der Waals surface area contributed by atoms with Crippen LogP contribution in [0.3, 0.4) is 0 Å². The van der Waals surface area contributed by atoms with Gasteiger partial charge in [-0.2, -0.15) is 0 Å². The van der Waals surface area contributed by atoms with Gasteiger partial charge in [0.05, 0.1) is 8.59 Å².